The molecular weight excluding hydrogens is 224 g/mol. The zero-order chi connectivity index (χ0) is 13.5. The van der Waals surface area contributed by atoms with Crippen molar-refractivity contribution in [1.82, 2.24) is 15.0 Å². The van der Waals surface area contributed by atoms with E-state index in [0.29, 0.717) is 0 Å². The van der Waals surface area contributed by atoms with Crippen molar-refractivity contribution in [1.29, 1.82) is 0 Å². The average Bonchev–Trinajstić information content (AvgIpc) is 2.73. The molecule has 0 saturated heterocycles. The molecule has 0 saturated carbocycles. The summed E-state index contributed by atoms with van der Waals surface area (Å²) in [5, 5.41) is 8.59. The van der Waals surface area contributed by atoms with E-state index in [1.54, 1.807) is 0 Å². The molecular formula is C14H22N4. The molecule has 0 fully saturated rings. The topological polar surface area (TPSA) is 56.7 Å². The van der Waals surface area contributed by atoms with Crippen molar-refractivity contribution in [2.45, 2.75) is 40.3 Å². The predicted octanol–water partition coefficient (Wildman–Crippen LogP) is 2.66. The Balaban J connectivity index is 2.70. The van der Waals surface area contributed by atoms with Crippen molar-refractivity contribution >= 4 is 11.0 Å². The van der Waals surface area contributed by atoms with E-state index in [4.69, 9.17) is 5.73 Å². The van der Waals surface area contributed by atoms with Crippen LogP contribution in [0.1, 0.15) is 33.3 Å². The van der Waals surface area contributed by atoms with Gasteiger partial charge in [0.2, 0.25) is 0 Å². The summed E-state index contributed by atoms with van der Waals surface area (Å²) in [7, 11) is 0. The van der Waals surface area contributed by atoms with Crippen LogP contribution in [0.5, 0.6) is 0 Å². The first-order chi connectivity index (χ1) is 8.39. The van der Waals surface area contributed by atoms with Crippen molar-refractivity contribution < 1.29 is 0 Å². The Kier molecular flexibility index (Phi) is 3.15. The van der Waals surface area contributed by atoms with Crippen molar-refractivity contribution in [3.05, 3.63) is 23.8 Å². The fraction of sp³-hybridized carbons (Fsp3) is 0.571. The first-order valence-corrected chi connectivity index (χ1v) is 6.49. The molecule has 0 amide bonds. The quantitative estimate of drug-likeness (QED) is 0.905. The van der Waals surface area contributed by atoms with Crippen LogP contribution in [0.3, 0.4) is 0 Å². The number of fused-ring (bicyclic) bond motifs is 1. The van der Waals surface area contributed by atoms with Crippen LogP contribution < -0.4 is 5.73 Å². The van der Waals surface area contributed by atoms with Crippen molar-refractivity contribution in [3.8, 4) is 0 Å². The largest absolute Gasteiger partial charge is 0.307 e. The van der Waals surface area contributed by atoms with Crippen LogP contribution in [0, 0.1) is 18.8 Å². The number of rotatable bonds is 3. The van der Waals surface area contributed by atoms with Gasteiger partial charge in [0.15, 0.2) is 0 Å². The molecule has 18 heavy (non-hydrogen) atoms. The first kappa shape index (κ1) is 13.0. The normalized spacial score (nSPS) is 12.9. The monoisotopic (exact) mass is 246 g/mol. The number of nitrogens with zero attached hydrogens (tertiary/aromatic N) is 3. The lowest BCUT2D eigenvalue weighted by Gasteiger charge is -2.37. The summed E-state index contributed by atoms with van der Waals surface area (Å²) in [4.78, 5) is 0. The lowest BCUT2D eigenvalue weighted by molar-refractivity contribution is 0.115. The molecule has 0 atom stereocenters. The third-order valence-electron chi connectivity index (χ3n) is 3.90. The number of benzene rings is 1. The maximum atomic E-state index is 6.63. The maximum Gasteiger partial charge on any atom is 0.117 e. The molecule has 0 unspecified atom stereocenters. The Morgan fingerprint density at radius 1 is 1.17 bits per heavy atom. The molecule has 4 nitrogen and oxygen atoms in total. The molecule has 4 heteroatoms. The standard InChI is InChI=1S/C14H22N4/c1-9(2)14(15,10(3)4)18-12-8-6-7-11(5)13(12)16-17-18/h6-10H,15H2,1-5H3. The molecule has 2 rings (SSSR count). The first-order valence-electron chi connectivity index (χ1n) is 6.49. The van der Waals surface area contributed by atoms with Crippen LogP contribution in [0.4, 0.5) is 0 Å². The molecule has 0 aliphatic rings. The minimum atomic E-state index is -0.511. The Hall–Kier alpha value is -1.42. The molecule has 2 N–H and O–H groups in total. The van der Waals surface area contributed by atoms with E-state index in [9.17, 15) is 0 Å². The SMILES string of the molecule is Cc1cccc2c1nnn2C(N)(C(C)C)C(C)C. The molecule has 0 bridgehead atoms. The second-order valence-electron chi connectivity index (χ2n) is 5.64. The minimum Gasteiger partial charge on any atom is -0.307 e. The van der Waals surface area contributed by atoms with Crippen molar-refractivity contribution in [3.63, 3.8) is 0 Å². The minimum absolute atomic E-state index is 0.280. The summed E-state index contributed by atoms with van der Waals surface area (Å²) in [6.07, 6.45) is 0. The van der Waals surface area contributed by atoms with Crippen molar-refractivity contribution in [2.75, 3.05) is 0 Å². The zero-order valence-corrected chi connectivity index (χ0v) is 11.8. The number of aromatic nitrogens is 3. The molecule has 1 aromatic heterocycles. The average molecular weight is 246 g/mol. The van der Waals surface area contributed by atoms with Gasteiger partial charge in [0.05, 0.1) is 5.52 Å². The van der Waals surface area contributed by atoms with Crippen LogP contribution in [-0.4, -0.2) is 15.0 Å². The Labute approximate surface area is 108 Å². The summed E-state index contributed by atoms with van der Waals surface area (Å²) in [6, 6.07) is 6.11. The van der Waals surface area contributed by atoms with Gasteiger partial charge in [-0.05, 0) is 30.4 Å². The second kappa shape index (κ2) is 4.35. The molecule has 0 aliphatic heterocycles. The van der Waals surface area contributed by atoms with E-state index >= 15 is 0 Å². The van der Waals surface area contributed by atoms with Crippen LogP contribution in [0.2, 0.25) is 0 Å². The van der Waals surface area contributed by atoms with E-state index in [-0.39, 0.29) is 11.8 Å². The molecule has 1 heterocycles. The fourth-order valence-corrected chi connectivity index (χ4v) is 2.52. The van der Waals surface area contributed by atoms with Crippen LogP contribution in [0.25, 0.3) is 11.0 Å². The number of nitrogens with two attached hydrogens (primary N) is 1. The van der Waals surface area contributed by atoms with Gasteiger partial charge in [-0.3, -0.25) is 0 Å². The fourth-order valence-electron chi connectivity index (χ4n) is 2.52. The summed E-state index contributed by atoms with van der Waals surface area (Å²) in [5.41, 5.74) is 9.20. The van der Waals surface area contributed by atoms with E-state index in [1.165, 1.54) is 0 Å². The summed E-state index contributed by atoms with van der Waals surface area (Å²) in [5.74, 6) is 0.561. The third-order valence-corrected chi connectivity index (χ3v) is 3.90. The second-order valence-corrected chi connectivity index (χ2v) is 5.64. The van der Waals surface area contributed by atoms with Gasteiger partial charge in [-0.25, -0.2) is 4.68 Å². The molecule has 0 spiro atoms. The zero-order valence-electron chi connectivity index (χ0n) is 11.8. The highest BCUT2D eigenvalue weighted by Crippen LogP contribution is 2.31. The highest BCUT2D eigenvalue weighted by molar-refractivity contribution is 5.78. The van der Waals surface area contributed by atoms with Gasteiger partial charge in [0.1, 0.15) is 11.2 Å². The van der Waals surface area contributed by atoms with Gasteiger partial charge in [-0.15, -0.1) is 5.10 Å². The number of hydrogen-bond donors (Lipinski definition) is 1. The Bertz CT molecular complexity index is 546. The van der Waals surface area contributed by atoms with Crippen LogP contribution >= 0.6 is 0 Å². The highest BCUT2D eigenvalue weighted by atomic mass is 15.5. The van der Waals surface area contributed by atoms with E-state index in [0.717, 1.165) is 16.6 Å². The summed E-state index contributed by atoms with van der Waals surface area (Å²) < 4.78 is 1.89. The van der Waals surface area contributed by atoms with Crippen LogP contribution in [0.15, 0.2) is 18.2 Å². The Morgan fingerprint density at radius 2 is 1.78 bits per heavy atom. The lowest BCUT2D eigenvalue weighted by atomic mass is 9.86. The van der Waals surface area contributed by atoms with Gasteiger partial charge >= 0.3 is 0 Å². The summed E-state index contributed by atoms with van der Waals surface area (Å²) in [6.45, 7) is 10.6. The van der Waals surface area contributed by atoms with Crippen molar-refractivity contribution in [2.24, 2.45) is 17.6 Å². The highest BCUT2D eigenvalue weighted by Gasteiger charge is 2.37. The van der Waals surface area contributed by atoms with E-state index < -0.39 is 5.66 Å². The maximum absolute atomic E-state index is 6.63. The molecule has 2 aromatic rings. The van der Waals surface area contributed by atoms with Gasteiger partial charge in [0.25, 0.3) is 0 Å². The molecule has 98 valence electrons. The molecule has 0 radical (unpaired) electrons. The predicted molar refractivity (Wildman–Crippen MR) is 74.1 cm³/mol. The van der Waals surface area contributed by atoms with E-state index in [1.807, 2.05) is 29.8 Å². The molecule has 1 aromatic carbocycles. The van der Waals surface area contributed by atoms with Gasteiger partial charge in [-0.2, -0.15) is 0 Å². The lowest BCUT2D eigenvalue weighted by Crippen LogP contribution is -2.52. The number of aryl methyl sites for hydroxylation is 1. The van der Waals surface area contributed by atoms with E-state index in [2.05, 4.69) is 38.0 Å². The number of hydrogen-bond acceptors (Lipinski definition) is 3. The van der Waals surface area contributed by atoms with Crippen LogP contribution in [-0.2, 0) is 5.66 Å². The van der Waals surface area contributed by atoms with Gasteiger partial charge < -0.3 is 5.73 Å². The van der Waals surface area contributed by atoms with Gasteiger partial charge in [0, 0.05) is 0 Å². The smallest absolute Gasteiger partial charge is 0.117 e. The molecule has 0 aliphatic carbocycles. The van der Waals surface area contributed by atoms with Gasteiger partial charge in [-0.1, -0.05) is 45.0 Å². The Morgan fingerprint density at radius 3 is 2.33 bits per heavy atom. The third kappa shape index (κ3) is 1.72. The summed E-state index contributed by atoms with van der Waals surface area (Å²) >= 11 is 0.